The Bertz CT molecular complexity index is 856. The molecule has 1 atom stereocenters. The van der Waals surface area contributed by atoms with Crippen LogP contribution in [0.5, 0.6) is 0 Å². The molecule has 7 nitrogen and oxygen atoms in total. The SMILES string of the molecule is Cc1cn2nc(C(=O)N3CC[C@H]3CS(C)(=O)=O)cc(C)c2n1. The van der Waals surface area contributed by atoms with Crippen molar-refractivity contribution in [3.63, 3.8) is 0 Å². The van der Waals surface area contributed by atoms with Crippen LogP contribution in [-0.4, -0.2) is 58.4 Å². The van der Waals surface area contributed by atoms with E-state index in [9.17, 15) is 13.2 Å². The van der Waals surface area contributed by atoms with Crippen LogP contribution in [0.4, 0.5) is 0 Å². The summed E-state index contributed by atoms with van der Waals surface area (Å²) in [5.74, 6) is -0.222. The van der Waals surface area contributed by atoms with Crippen LogP contribution in [0.2, 0.25) is 0 Å². The van der Waals surface area contributed by atoms with Crippen molar-refractivity contribution in [3.8, 4) is 0 Å². The molecule has 3 heterocycles. The molecule has 0 saturated carbocycles. The molecule has 3 rings (SSSR count). The average Bonchev–Trinajstić information content (AvgIpc) is 2.75. The molecular weight excluding hydrogens is 304 g/mol. The minimum absolute atomic E-state index is 0.00412. The predicted molar refractivity (Wildman–Crippen MR) is 81.6 cm³/mol. The van der Waals surface area contributed by atoms with E-state index in [0.717, 1.165) is 16.9 Å². The second-order valence-electron chi connectivity index (χ2n) is 5.90. The molecule has 0 radical (unpaired) electrons. The number of aryl methyl sites for hydroxylation is 2. The Morgan fingerprint density at radius 1 is 1.41 bits per heavy atom. The zero-order valence-electron chi connectivity index (χ0n) is 12.8. The van der Waals surface area contributed by atoms with E-state index in [0.29, 0.717) is 18.7 Å². The Labute approximate surface area is 128 Å². The Balaban J connectivity index is 1.89. The van der Waals surface area contributed by atoms with Crippen molar-refractivity contribution < 1.29 is 13.2 Å². The van der Waals surface area contributed by atoms with E-state index in [1.165, 1.54) is 6.26 Å². The summed E-state index contributed by atoms with van der Waals surface area (Å²) >= 11 is 0. The topological polar surface area (TPSA) is 84.6 Å². The Kier molecular flexibility index (Phi) is 3.43. The van der Waals surface area contributed by atoms with Gasteiger partial charge in [-0.3, -0.25) is 4.79 Å². The third-order valence-corrected chi connectivity index (χ3v) is 4.84. The number of imidazole rings is 1. The first-order chi connectivity index (χ1) is 10.2. The lowest BCUT2D eigenvalue weighted by atomic mass is 10.0. The average molecular weight is 322 g/mol. The van der Waals surface area contributed by atoms with E-state index in [4.69, 9.17) is 0 Å². The smallest absolute Gasteiger partial charge is 0.274 e. The fraction of sp³-hybridized carbons (Fsp3) is 0.500. The fourth-order valence-corrected chi connectivity index (χ4v) is 3.77. The monoisotopic (exact) mass is 322 g/mol. The van der Waals surface area contributed by atoms with E-state index >= 15 is 0 Å². The molecule has 0 unspecified atom stereocenters. The second-order valence-corrected chi connectivity index (χ2v) is 8.08. The molecule has 0 aliphatic carbocycles. The van der Waals surface area contributed by atoms with Crippen molar-refractivity contribution in [2.45, 2.75) is 26.3 Å². The first-order valence-electron chi connectivity index (χ1n) is 7.07. The number of fused-ring (bicyclic) bond motifs is 1. The summed E-state index contributed by atoms with van der Waals surface area (Å²) in [6, 6.07) is 1.46. The highest BCUT2D eigenvalue weighted by Gasteiger charge is 2.35. The first kappa shape index (κ1) is 15.0. The first-order valence-corrected chi connectivity index (χ1v) is 9.13. The molecule has 2 aromatic heterocycles. The lowest BCUT2D eigenvalue weighted by Crippen LogP contribution is -2.54. The third-order valence-electron chi connectivity index (χ3n) is 3.85. The van der Waals surface area contributed by atoms with Gasteiger partial charge in [0.2, 0.25) is 0 Å². The van der Waals surface area contributed by atoms with Crippen molar-refractivity contribution in [1.82, 2.24) is 19.5 Å². The van der Waals surface area contributed by atoms with E-state index in [1.54, 1.807) is 21.7 Å². The number of nitrogens with zero attached hydrogens (tertiary/aromatic N) is 4. The summed E-state index contributed by atoms with van der Waals surface area (Å²) in [4.78, 5) is 18.5. The number of carbonyl (C=O) groups is 1. The van der Waals surface area contributed by atoms with Crippen molar-refractivity contribution in [2.75, 3.05) is 18.6 Å². The largest absolute Gasteiger partial charge is 0.333 e. The molecular formula is C14H18N4O3S. The zero-order valence-corrected chi connectivity index (χ0v) is 13.6. The quantitative estimate of drug-likeness (QED) is 0.826. The molecule has 2 aromatic rings. The summed E-state index contributed by atoms with van der Waals surface area (Å²) in [5, 5.41) is 4.30. The molecule has 1 aliphatic heterocycles. The van der Waals surface area contributed by atoms with Crippen molar-refractivity contribution in [3.05, 3.63) is 29.2 Å². The van der Waals surface area contributed by atoms with E-state index < -0.39 is 9.84 Å². The maximum atomic E-state index is 12.6. The minimum Gasteiger partial charge on any atom is -0.333 e. The van der Waals surface area contributed by atoms with Crippen molar-refractivity contribution >= 4 is 21.4 Å². The van der Waals surface area contributed by atoms with Crippen LogP contribution in [0.1, 0.15) is 28.2 Å². The lowest BCUT2D eigenvalue weighted by Gasteiger charge is -2.40. The van der Waals surface area contributed by atoms with Gasteiger partial charge < -0.3 is 4.90 Å². The van der Waals surface area contributed by atoms with Crippen LogP contribution in [0.3, 0.4) is 0 Å². The molecule has 8 heteroatoms. The third kappa shape index (κ3) is 2.70. The number of likely N-dealkylation sites (tertiary alicyclic amines) is 1. The van der Waals surface area contributed by atoms with Gasteiger partial charge in [-0.05, 0) is 31.9 Å². The number of rotatable bonds is 3. The normalized spacial score (nSPS) is 18.5. The summed E-state index contributed by atoms with van der Waals surface area (Å²) in [6.45, 7) is 4.32. The number of hydrogen-bond donors (Lipinski definition) is 0. The fourth-order valence-electron chi connectivity index (χ4n) is 2.73. The zero-order chi connectivity index (χ0) is 16.1. The molecule has 0 N–H and O–H groups in total. The Morgan fingerprint density at radius 3 is 2.73 bits per heavy atom. The Morgan fingerprint density at radius 2 is 2.14 bits per heavy atom. The number of amides is 1. The van der Waals surface area contributed by atoms with Crippen LogP contribution < -0.4 is 0 Å². The van der Waals surface area contributed by atoms with Gasteiger partial charge in [0.05, 0.1) is 17.6 Å². The number of hydrogen-bond acceptors (Lipinski definition) is 5. The van der Waals surface area contributed by atoms with Crippen LogP contribution in [0, 0.1) is 13.8 Å². The molecule has 0 bridgehead atoms. The number of aromatic nitrogens is 3. The van der Waals surface area contributed by atoms with E-state index in [-0.39, 0.29) is 17.7 Å². The van der Waals surface area contributed by atoms with Gasteiger partial charge in [0.1, 0.15) is 15.5 Å². The molecule has 118 valence electrons. The highest BCUT2D eigenvalue weighted by Crippen LogP contribution is 2.22. The van der Waals surface area contributed by atoms with Crippen LogP contribution in [0.25, 0.3) is 5.65 Å². The maximum Gasteiger partial charge on any atom is 0.274 e. The van der Waals surface area contributed by atoms with Crippen LogP contribution >= 0.6 is 0 Å². The number of carbonyl (C=O) groups excluding carboxylic acids is 1. The molecule has 1 saturated heterocycles. The van der Waals surface area contributed by atoms with Gasteiger partial charge >= 0.3 is 0 Å². The predicted octanol–water partition coefficient (Wildman–Crippen LogP) is 0.605. The summed E-state index contributed by atoms with van der Waals surface area (Å²) < 4.78 is 24.4. The molecule has 1 aliphatic rings. The van der Waals surface area contributed by atoms with Gasteiger partial charge in [0.15, 0.2) is 5.65 Å². The van der Waals surface area contributed by atoms with Gasteiger partial charge in [-0.25, -0.2) is 17.9 Å². The highest BCUT2D eigenvalue weighted by atomic mass is 32.2. The number of sulfone groups is 1. The van der Waals surface area contributed by atoms with Gasteiger partial charge in [0.25, 0.3) is 5.91 Å². The summed E-state index contributed by atoms with van der Waals surface area (Å²) in [6.07, 6.45) is 3.67. The lowest BCUT2D eigenvalue weighted by molar-refractivity contribution is 0.0500. The van der Waals surface area contributed by atoms with Gasteiger partial charge in [0, 0.05) is 18.8 Å². The minimum atomic E-state index is -3.10. The molecule has 0 spiro atoms. The highest BCUT2D eigenvalue weighted by molar-refractivity contribution is 7.90. The van der Waals surface area contributed by atoms with Crippen molar-refractivity contribution in [1.29, 1.82) is 0 Å². The standard InChI is InChI=1S/C14H18N4O3S/c1-9-6-12(16-18-7-10(2)15-13(9)18)14(19)17-5-4-11(17)8-22(3,20)21/h6-7,11H,4-5,8H2,1-3H3/t11-/m0/s1. The molecule has 22 heavy (non-hydrogen) atoms. The second kappa shape index (κ2) is 5.05. The molecule has 1 amide bonds. The van der Waals surface area contributed by atoms with Gasteiger partial charge in [-0.15, -0.1) is 0 Å². The van der Waals surface area contributed by atoms with Gasteiger partial charge in [-0.1, -0.05) is 0 Å². The van der Waals surface area contributed by atoms with Crippen molar-refractivity contribution in [2.24, 2.45) is 0 Å². The van der Waals surface area contributed by atoms with E-state index in [2.05, 4.69) is 10.1 Å². The molecule has 0 aromatic carbocycles. The summed E-state index contributed by atoms with van der Waals surface area (Å²) in [7, 11) is -3.10. The van der Waals surface area contributed by atoms with E-state index in [1.807, 2.05) is 13.8 Å². The van der Waals surface area contributed by atoms with Crippen LogP contribution in [-0.2, 0) is 9.84 Å². The molecule has 1 fully saturated rings. The Hall–Kier alpha value is -1.96. The van der Waals surface area contributed by atoms with Gasteiger partial charge in [-0.2, -0.15) is 5.10 Å². The summed E-state index contributed by atoms with van der Waals surface area (Å²) in [5.41, 5.74) is 2.75. The van der Waals surface area contributed by atoms with Crippen LogP contribution in [0.15, 0.2) is 12.3 Å². The maximum absolute atomic E-state index is 12.6.